The van der Waals surface area contributed by atoms with E-state index in [1.807, 2.05) is 25.2 Å². The van der Waals surface area contributed by atoms with E-state index in [1.165, 1.54) is 12.1 Å². The lowest BCUT2D eigenvalue weighted by Gasteiger charge is -2.21. The Morgan fingerprint density at radius 3 is 2.44 bits per heavy atom. The summed E-state index contributed by atoms with van der Waals surface area (Å²) in [6.45, 7) is -1.54. The third-order valence-electron chi connectivity index (χ3n) is 3.61. The molecule has 25 heavy (non-hydrogen) atoms. The van der Waals surface area contributed by atoms with Gasteiger partial charge < -0.3 is 9.64 Å². The van der Waals surface area contributed by atoms with Crippen LogP contribution in [0.1, 0.15) is 11.1 Å². The molecule has 2 aromatic rings. The SMILES string of the molecule is CN(CC(=O)N(C)Cc1ccc(OC(F)F)cc1)Cc1cnn(C)c1. The second-order valence-electron chi connectivity index (χ2n) is 5.97. The van der Waals surface area contributed by atoms with Crippen molar-refractivity contribution in [2.24, 2.45) is 7.05 Å². The number of aromatic nitrogens is 2. The number of amides is 1. The summed E-state index contributed by atoms with van der Waals surface area (Å²) in [4.78, 5) is 15.8. The first-order chi connectivity index (χ1) is 11.8. The van der Waals surface area contributed by atoms with Gasteiger partial charge in [-0.1, -0.05) is 12.1 Å². The van der Waals surface area contributed by atoms with Gasteiger partial charge in [0.1, 0.15) is 5.75 Å². The fourth-order valence-corrected chi connectivity index (χ4v) is 2.41. The minimum atomic E-state index is -2.84. The van der Waals surface area contributed by atoms with Crippen LogP contribution in [0.15, 0.2) is 36.7 Å². The Labute approximate surface area is 145 Å². The number of carbonyl (C=O) groups excluding carboxylic acids is 1. The standard InChI is InChI=1S/C17H22F2N4O2/c1-21(9-14-8-20-23(3)11-14)12-16(24)22(2)10-13-4-6-15(7-5-13)25-17(18)19/h4-8,11,17H,9-10,12H2,1-3H3. The van der Waals surface area contributed by atoms with Crippen LogP contribution in [0.3, 0.4) is 0 Å². The zero-order chi connectivity index (χ0) is 18.4. The van der Waals surface area contributed by atoms with E-state index < -0.39 is 6.61 Å². The van der Waals surface area contributed by atoms with Crippen LogP contribution in [-0.2, 0) is 24.9 Å². The summed E-state index contributed by atoms with van der Waals surface area (Å²) in [6.07, 6.45) is 3.68. The number of ether oxygens (including phenoxy) is 1. The minimum absolute atomic E-state index is 0.0284. The van der Waals surface area contributed by atoms with Gasteiger partial charge in [-0.3, -0.25) is 14.4 Å². The Hall–Kier alpha value is -2.48. The number of alkyl halides is 2. The first-order valence-electron chi connectivity index (χ1n) is 7.77. The number of aryl methyl sites for hydroxylation is 1. The van der Waals surface area contributed by atoms with Gasteiger partial charge in [0.15, 0.2) is 0 Å². The van der Waals surface area contributed by atoms with Crippen LogP contribution in [0, 0.1) is 0 Å². The highest BCUT2D eigenvalue weighted by Gasteiger charge is 2.13. The van der Waals surface area contributed by atoms with Crippen LogP contribution in [0.5, 0.6) is 5.75 Å². The van der Waals surface area contributed by atoms with Crippen molar-refractivity contribution in [3.63, 3.8) is 0 Å². The third kappa shape index (κ3) is 6.15. The number of benzene rings is 1. The summed E-state index contributed by atoms with van der Waals surface area (Å²) in [6, 6.07) is 6.27. The van der Waals surface area contributed by atoms with E-state index in [2.05, 4.69) is 9.84 Å². The predicted octanol–water partition coefficient (Wildman–Crippen LogP) is 2.11. The number of rotatable bonds is 8. The quantitative estimate of drug-likeness (QED) is 0.730. The molecule has 8 heteroatoms. The van der Waals surface area contributed by atoms with E-state index in [-0.39, 0.29) is 18.2 Å². The van der Waals surface area contributed by atoms with Gasteiger partial charge >= 0.3 is 6.61 Å². The molecule has 0 fully saturated rings. The van der Waals surface area contributed by atoms with E-state index in [0.29, 0.717) is 13.1 Å². The van der Waals surface area contributed by atoms with Crippen LogP contribution < -0.4 is 4.74 Å². The van der Waals surface area contributed by atoms with Gasteiger partial charge in [-0.05, 0) is 24.7 Å². The second-order valence-corrected chi connectivity index (χ2v) is 5.97. The average Bonchev–Trinajstić information content (AvgIpc) is 2.93. The summed E-state index contributed by atoms with van der Waals surface area (Å²) < 4.78 is 30.3. The zero-order valence-electron chi connectivity index (χ0n) is 14.5. The van der Waals surface area contributed by atoms with Gasteiger partial charge in [0, 0.05) is 38.9 Å². The predicted molar refractivity (Wildman–Crippen MR) is 89.1 cm³/mol. The molecule has 0 N–H and O–H groups in total. The zero-order valence-corrected chi connectivity index (χ0v) is 14.5. The Morgan fingerprint density at radius 2 is 1.88 bits per heavy atom. The molecule has 1 amide bonds. The summed E-state index contributed by atoms with van der Waals surface area (Å²) in [5, 5.41) is 4.10. The smallest absolute Gasteiger partial charge is 0.387 e. The minimum Gasteiger partial charge on any atom is -0.435 e. The Balaban J connectivity index is 1.82. The fraction of sp³-hybridized carbons (Fsp3) is 0.412. The lowest BCUT2D eigenvalue weighted by atomic mass is 10.2. The molecular weight excluding hydrogens is 330 g/mol. The summed E-state index contributed by atoms with van der Waals surface area (Å²) >= 11 is 0. The molecule has 0 unspecified atom stereocenters. The van der Waals surface area contributed by atoms with Gasteiger partial charge in [0.05, 0.1) is 12.7 Å². The van der Waals surface area contributed by atoms with Crippen molar-refractivity contribution in [2.75, 3.05) is 20.6 Å². The lowest BCUT2D eigenvalue weighted by molar-refractivity contribution is -0.131. The molecule has 1 aromatic heterocycles. The lowest BCUT2D eigenvalue weighted by Crippen LogP contribution is -2.36. The molecule has 0 aliphatic rings. The van der Waals surface area contributed by atoms with Crippen LogP contribution >= 0.6 is 0 Å². The Bertz CT molecular complexity index is 688. The average molecular weight is 352 g/mol. The van der Waals surface area contributed by atoms with Gasteiger partial charge in [-0.15, -0.1) is 0 Å². The molecule has 2 rings (SSSR count). The maximum absolute atomic E-state index is 12.3. The van der Waals surface area contributed by atoms with Crippen molar-refractivity contribution < 1.29 is 18.3 Å². The molecule has 0 saturated heterocycles. The Morgan fingerprint density at radius 1 is 1.20 bits per heavy atom. The van der Waals surface area contributed by atoms with Crippen LogP contribution in [0.25, 0.3) is 0 Å². The van der Waals surface area contributed by atoms with Gasteiger partial charge in [0.2, 0.25) is 5.91 Å². The molecule has 0 aliphatic carbocycles. The monoisotopic (exact) mass is 352 g/mol. The largest absolute Gasteiger partial charge is 0.435 e. The first-order valence-corrected chi connectivity index (χ1v) is 7.77. The molecule has 1 heterocycles. The maximum atomic E-state index is 12.3. The summed E-state index contributed by atoms with van der Waals surface area (Å²) in [7, 11) is 5.43. The molecule has 6 nitrogen and oxygen atoms in total. The number of nitrogens with zero attached hydrogens (tertiary/aromatic N) is 4. The fourth-order valence-electron chi connectivity index (χ4n) is 2.41. The number of hydrogen-bond donors (Lipinski definition) is 0. The van der Waals surface area contributed by atoms with Gasteiger partial charge in [0.25, 0.3) is 0 Å². The van der Waals surface area contributed by atoms with E-state index in [4.69, 9.17) is 0 Å². The molecule has 0 radical (unpaired) electrons. The van der Waals surface area contributed by atoms with Crippen molar-refractivity contribution in [1.29, 1.82) is 0 Å². The van der Waals surface area contributed by atoms with Crippen molar-refractivity contribution in [1.82, 2.24) is 19.6 Å². The van der Waals surface area contributed by atoms with Crippen molar-refractivity contribution >= 4 is 5.91 Å². The van der Waals surface area contributed by atoms with Crippen molar-refractivity contribution in [3.05, 3.63) is 47.8 Å². The van der Waals surface area contributed by atoms with Gasteiger partial charge in [-0.2, -0.15) is 13.9 Å². The number of likely N-dealkylation sites (N-methyl/N-ethyl adjacent to an activating group) is 2. The molecular formula is C17H22F2N4O2. The Kier molecular flexibility index (Phi) is 6.46. The van der Waals surface area contributed by atoms with E-state index in [0.717, 1.165) is 11.1 Å². The number of hydrogen-bond acceptors (Lipinski definition) is 4. The molecule has 0 spiro atoms. The highest BCUT2D eigenvalue weighted by atomic mass is 19.3. The van der Waals surface area contributed by atoms with Crippen molar-refractivity contribution in [2.45, 2.75) is 19.7 Å². The van der Waals surface area contributed by atoms with E-state index in [1.54, 1.807) is 35.0 Å². The molecule has 0 saturated carbocycles. The molecule has 1 aromatic carbocycles. The molecule has 0 bridgehead atoms. The highest BCUT2D eigenvalue weighted by Crippen LogP contribution is 2.15. The van der Waals surface area contributed by atoms with Crippen LogP contribution in [-0.4, -0.2) is 52.7 Å². The number of carbonyl (C=O) groups is 1. The second kappa shape index (κ2) is 8.57. The molecule has 0 aliphatic heterocycles. The van der Waals surface area contributed by atoms with Crippen LogP contribution in [0.4, 0.5) is 8.78 Å². The maximum Gasteiger partial charge on any atom is 0.387 e. The van der Waals surface area contributed by atoms with Crippen molar-refractivity contribution in [3.8, 4) is 5.75 Å². The highest BCUT2D eigenvalue weighted by molar-refractivity contribution is 5.77. The van der Waals surface area contributed by atoms with Crippen LogP contribution in [0.2, 0.25) is 0 Å². The van der Waals surface area contributed by atoms with Gasteiger partial charge in [-0.25, -0.2) is 0 Å². The first kappa shape index (κ1) is 18.9. The summed E-state index contributed by atoms with van der Waals surface area (Å²) in [5.41, 5.74) is 1.88. The molecule has 136 valence electrons. The number of halogens is 2. The molecule has 0 atom stereocenters. The summed E-state index contributed by atoms with van der Waals surface area (Å²) in [5.74, 6) is 0.0724. The third-order valence-corrected chi connectivity index (χ3v) is 3.61. The normalized spacial score (nSPS) is 11.2. The van der Waals surface area contributed by atoms with E-state index >= 15 is 0 Å². The van der Waals surface area contributed by atoms with E-state index in [9.17, 15) is 13.6 Å². The topological polar surface area (TPSA) is 50.6 Å².